The topological polar surface area (TPSA) is 105 Å². The number of phenols is 1. The fraction of sp³-hybridized carbons (Fsp3) is 0.414. The molecule has 3 aromatic heterocycles. The molecule has 1 saturated carbocycles. The normalized spacial score (nSPS) is 21.1. The Kier molecular flexibility index (Phi) is 6.38. The molecule has 0 spiro atoms. The molecule has 2 N–H and O–H groups in total. The van der Waals surface area contributed by atoms with Crippen LogP contribution in [-0.2, 0) is 0 Å². The maximum absolute atomic E-state index is 14.9. The van der Waals surface area contributed by atoms with Gasteiger partial charge in [0.1, 0.15) is 29.2 Å². The van der Waals surface area contributed by atoms with Crippen molar-refractivity contribution in [2.45, 2.75) is 44.6 Å². The molecule has 9 heteroatoms. The number of nitriles is 1. The molecule has 6 rings (SSSR count). The summed E-state index contributed by atoms with van der Waals surface area (Å²) in [6.07, 6.45) is 4.43. The minimum Gasteiger partial charge on any atom is -0.508 e. The number of aromatic amines is 1. The number of nitrogens with one attached hydrogen (secondary N) is 1. The quantitative estimate of drug-likeness (QED) is 0.386. The van der Waals surface area contributed by atoms with Crippen molar-refractivity contribution < 1.29 is 13.9 Å². The molecular weight excluding hydrogens is 483 g/mol. The van der Waals surface area contributed by atoms with Gasteiger partial charge in [0.15, 0.2) is 5.65 Å². The number of H-pyrrole nitrogens is 1. The van der Waals surface area contributed by atoms with Gasteiger partial charge in [0.05, 0.1) is 22.2 Å². The first kappa shape index (κ1) is 24.6. The van der Waals surface area contributed by atoms with Crippen LogP contribution >= 0.6 is 0 Å². The summed E-state index contributed by atoms with van der Waals surface area (Å²) >= 11 is 0. The van der Waals surface area contributed by atoms with Gasteiger partial charge in [-0.3, -0.25) is 10.00 Å². The van der Waals surface area contributed by atoms with Crippen LogP contribution in [0.2, 0.25) is 0 Å². The maximum atomic E-state index is 14.9. The van der Waals surface area contributed by atoms with Crippen molar-refractivity contribution in [1.82, 2.24) is 25.0 Å². The highest BCUT2D eigenvalue weighted by Gasteiger charge is 2.30. The number of piperazine rings is 1. The van der Waals surface area contributed by atoms with Gasteiger partial charge in [-0.15, -0.1) is 0 Å². The highest BCUT2D eigenvalue weighted by Crippen LogP contribution is 2.42. The van der Waals surface area contributed by atoms with Crippen molar-refractivity contribution in [2.24, 2.45) is 0 Å². The molecule has 1 aliphatic carbocycles. The molecule has 0 amide bonds. The second-order valence-electron chi connectivity index (χ2n) is 10.6. The van der Waals surface area contributed by atoms with Gasteiger partial charge in [0, 0.05) is 55.5 Å². The Morgan fingerprint density at radius 3 is 2.58 bits per heavy atom. The molecule has 4 aromatic rings. The van der Waals surface area contributed by atoms with Crippen LogP contribution in [0.4, 0.5) is 4.39 Å². The summed E-state index contributed by atoms with van der Waals surface area (Å²) in [7, 11) is 2.19. The fourth-order valence-electron chi connectivity index (χ4n) is 6.07. The minimum atomic E-state index is -0.663. The Morgan fingerprint density at radius 1 is 1.11 bits per heavy atom. The zero-order chi connectivity index (χ0) is 26.4. The molecule has 1 saturated heterocycles. The number of fused-ring (bicyclic) bond motifs is 1. The lowest BCUT2D eigenvalue weighted by Gasteiger charge is -2.40. The zero-order valence-electron chi connectivity index (χ0n) is 21.7. The van der Waals surface area contributed by atoms with Gasteiger partial charge < -0.3 is 14.4 Å². The second kappa shape index (κ2) is 9.86. The highest BCUT2D eigenvalue weighted by atomic mass is 19.1. The van der Waals surface area contributed by atoms with Crippen molar-refractivity contribution in [3.63, 3.8) is 0 Å². The number of halogens is 1. The summed E-state index contributed by atoms with van der Waals surface area (Å²) in [4.78, 5) is 9.56. The standard InChI is InChI=1S/C29H31FN6O2/c1-17-26-27(22(16-31)28(32-29(26)34-33-17)21-8-7-20(37)15-23(21)30)25-10-9-24(38-25)18-3-5-19(6-4-18)36-13-11-35(2)12-14-36/h7-10,15,18-19,37H,3-6,11-14H2,1-2H3,(H,32,33,34). The van der Waals surface area contributed by atoms with E-state index >= 15 is 0 Å². The van der Waals surface area contributed by atoms with Gasteiger partial charge in [-0.2, -0.15) is 10.4 Å². The van der Waals surface area contributed by atoms with E-state index in [0.717, 1.165) is 69.4 Å². The molecule has 196 valence electrons. The average molecular weight is 515 g/mol. The number of aromatic hydroxyl groups is 1. The Hall–Kier alpha value is -3.74. The van der Waals surface area contributed by atoms with Gasteiger partial charge in [-0.05, 0) is 63.9 Å². The van der Waals surface area contributed by atoms with E-state index in [1.165, 1.54) is 12.1 Å². The largest absolute Gasteiger partial charge is 0.508 e. The number of aromatic nitrogens is 3. The lowest BCUT2D eigenvalue weighted by molar-refractivity contribution is 0.0864. The van der Waals surface area contributed by atoms with Gasteiger partial charge in [0.2, 0.25) is 0 Å². The summed E-state index contributed by atoms with van der Waals surface area (Å²) in [5, 5.41) is 27.9. The Morgan fingerprint density at radius 2 is 1.87 bits per heavy atom. The molecule has 0 radical (unpaired) electrons. The number of hydrogen-bond acceptors (Lipinski definition) is 7. The Bertz CT molecular complexity index is 1520. The molecule has 38 heavy (non-hydrogen) atoms. The number of likely N-dealkylation sites (N-methyl/N-ethyl adjacent to an activating group) is 1. The number of hydrogen-bond donors (Lipinski definition) is 2. The van der Waals surface area contributed by atoms with Gasteiger partial charge in [-0.1, -0.05) is 0 Å². The van der Waals surface area contributed by atoms with Gasteiger partial charge >= 0.3 is 0 Å². The predicted molar refractivity (Wildman–Crippen MR) is 142 cm³/mol. The lowest BCUT2D eigenvalue weighted by atomic mass is 9.84. The molecule has 2 fully saturated rings. The molecular formula is C29H31FN6O2. The van der Waals surface area contributed by atoms with Crippen molar-refractivity contribution in [2.75, 3.05) is 33.2 Å². The SMILES string of the molecule is Cc1[nH]nc2nc(-c3ccc(O)cc3F)c(C#N)c(-c3ccc(C4CCC(N5CCN(C)CC5)CC4)o3)c12. The van der Waals surface area contributed by atoms with Crippen molar-refractivity contribution in [3.8, 4) is 34.4 Å². The summed E-state index contributed by atoms with van der Waals surface area (Å²) in [5.74, 6) is 0.942. The van der Waals surface area contributed by atoms with Crippen LogP contribution in [0, 0.1) is 24.1 Å². The predicted octanol–water partition coefficient (Wildman–Crippen LogP) is 5.18. The number of pyridine rings is 1. The zero-order valence-corrected chi connectivity index (χ0v) is 21.7. The minimum absolute atomic E-state index is 0.122. The third-order valence-electron chi connectivity index (χ3n) is 8.23. The Balaban J connectivity index is 1.33. The van der Waals surface area contributed by atoms with E-state index in [2.05, 4.69) is 38.1 Å². The highest BCUT2D eigenvalue weighted by molar-refractivity contribution is 5.99. The number of rotatable bonds is 4. The maximum Gasteiger partial charge on any atom is 0.182 e. The summed E-state index contributed by atoms with van der Waals surface area (Å²) in [6, 6.07) is 10.6. The number of phenolic OH excluding ortho intramolecular Hbond substituents is 1. The van der Waals surface area contributed by atoms with E-state index in [9.17, 15) is 14.8 Å². The first-order valence-corrected chi connectivity index (χ1v) is 13.2. The van der Waals surface area contributed by atoms with E-state index in [4.69, 9.17) is 4.42 Å². The molecule has 0 unspecified atom stereocenters. The molecule has 1 aromatic carbocycles. The molecule has 1 aliphatic heterocycles. The van der Waals surface area contributed by atoms with Crippen LogP contribution in [0.1, 0.15) is 48.6 Å². The van der Waals surface area contributed by atoms with Crippen molar-refractivity contribution in [3.05, 3.63) is 53.2 Å². The number of nitrogens with zero attached hydrogens (tertiary/aromatic N) is 5. The van der Waals surface area contributed by atoms with Crippen molar-refractivity contribution >= 4 is 11.0 Å². The molecule has 4 heterocycles. The monoisotopic (exact) mass is 514 g/mol. The smallest absolute Gasteiger partial charge is 0.182 e. The number of aryl methyl sites for hydroxylation is 1. The van der Waals surface area contributed by atoms with Crippen molar-refractivity contribution in [1.29, 1.82) is 5.26 Å². The Labute approximate surface area is 220 Å². The first-order chi connectivity index (χ1) is 18.4. The van der Waals surface area contributed by atoms with Gasteiger partial charge in [0.25, 0.3) is 0 Å². The summed E-state index contributed by atoms with van der Waals surface area (Å²) in [6.45, 7) is 6.41. The summed E-state index contributed by atoms with van der Waals surface area (Å²) in [5.41, 5.74) is 2.20. The lowest BCUT2D eigenvalue weighted by Crippen LogP contribution is -2.49. The van der Waals surface area contributed by atoms with Crippen LogP contribution in [-0.4, -0.2) is 69.4 Å². The number of benzene rings is 1. The molecule has 0 atom stereocenters. The van der Waals surface area contributed by atoms with Gasteiger partial charge in [-0.25, -0.2) is 9.37 Å². The van der Waals surface area contributed by atoms with Crippen LogP contribution in [0.5, 0.6) is 5.75 Å². The third kappa shape index (κ3) is 4.34. The van der Waals surface area contributed by atoms with E-state index < -0.39 is 5.82 Å². The van der Waals surface area contributed by atoms with E-state index in [-0.39, 0.29) is 22.6 Å². The second-order valence-corrected chi connectivity index (χ2v) is 10.6. The summed E-state index contributed by atoms with van der Waals surface area (Å²) < 4.78 is 21.3. The van der Waals surface area contributed by atoms with Crippen LogP contribution in [0.3, 0.4) is 0 Å². The molecule has 8 nitrogen and oxygen atoms in total. The van der Waals surface area contributed by atoms with E-state index in [1.54, 1.807) is 0 Å². The number of furan rings is 1. The van der Waals surface area contributed by atoms with Crippen LogP contribution in [0.25, 0.3) is 33.6 Å². The average Bonchev–Trinajstić information content (AvgIpc) is 3.55. The molecule has 0 bridgehead atoms. The fourth-order valence-corrected chi connectivity index (χ4v) is 6.07. The van der Waals surface area contributed by atoms with E-state index in [0.29, 0.717) is 34.3 Å². The first-order valence-electron chi connectivity index (χ1n) is 13.2. The van der Waals surface area contributed by atoms with Crippen LogP contribution < -0.4 is 0 Å². The third-order valence-corrected chi connectivity index (χ3v) is 8.23. The van der Waals surface area contributed by atoms with E-state index in [1.807, 2.05) is 19.1 Å². The van der Waals surface area contributed by atoms with Crippen LogP contribution in [0.15, 0.2) is 34.7 Å². The molecule has 2 aliphatic rings.